The van der Waals surface area contributed by atoms with E-state index in [4.69, 9.17) is 10.8 Å². The zero-order valence-electron chi connectivity index (χ0n) is 11.1. The first-order valence-corrected chi connectivity index (χ1v) is 6.39. The van der Waals surface area contributed by atoms with Crippen molar-refractivity contribution in [3.05, 3.63) is 60.3 Å². The van der Waals surface area contributed by atoms with Crippen molar-refractivity contribution in [2.45, 2.75) is 0 Å². The molecule has 0 fully saturated rings. The number of carbonyl (C=O) groups is 1. The number of hydrogen-bond donors (Lipinski definition) is 3. The van der Waals surface area contributed by atoms with Crippen LogP contribution in [0, 0.1) is 0 Å². The molecule has 104 valence electrons. The highest BCUT2D eigenvalue weighted by Crippen LogP contribution is 2.26. The lowest BCUT2D eigenvalue weighted by molar-refractivity contribution is 0.0698. The van der Waals surface area contributed by atoms with Crippen molar-refractivity contribution in [2.24, 2.45) is 0 Å². The number of aromatic nitrogens is 1. The van der Waals surface area contributed by atoms with Crippen molar-refractivity contribution < 1.29 is 9.90 Å². The maximum Gasteiger partial charge on any atom is 0.337 e. The van der Waals surface area contributed by atoms with Crippen LogP contribution < -0.4 is 11.1 Å². The summed E-state index contributed by atoms with van der Waals surface area (Å²) in [5.74, 6) is -1.05. The summed E-state index contributed by atoms with van der Waals surface area (Å²) in [5.41, 5.74) is 8.38. The number of carboxylic acids is 1. The lowest BCUT2D eigenvalue weighted by Gasteiger charge is -2.11. The van der Waals surface area contributed by atoms with Crippen LogP contribution in [-0.2, 0) is 0 Å². The average molecular weight is 279 g/mol. The Bertz CT molecular complexity index is 825. The van der Waals surface area contributed by atoms with Gasteiger partial charge < -0.3 is 16.2 Å². The number of rotatable bonds is 3. The molecule has 1 aromatic heterocycles. The van der Waals surface area contributed by atoms with Crippen molar-refractivity contribution in [1.82, 2.24) is 4.98 Å². The Morgan fingerprint density at radius 1 is 1.14 bits per heavy atom. The number of anilines is 3. The molecule has 0 bridgehead atoms. The first kappa shape index (κ1) is 12.9. The van der Waals surface area contributed by atoms with Gasteiger partial charge in [0.25, 0.3) is 0 Å². The summed E-state index contributed by atoms with van der Waals surface area (Å²) < 4.78 is 0. The number of benzene rings is 2. The number of nitrogen functional groups attached to an aromatic ring is 1. The summed E-state index contributed by atoms with van der Waals surface area (Å²) >= 11 is 0. The number of nitrogens with two attached hydrogens (primary N) is 1. The van der Waals surface area contributed by atoms with Gasteiger partial charge in [-0.2, -0.15) is 0 Å². The maximum absolute atomic E-state index is 11.1. The normalized spacial score (nSPS) is 10.5. The molecule has 3 rings (SSSR count). The fourth-order valence-electron chi connectivity index (χ4n) is 2.19. The third-order valence-electron chi connectivity index (χ3n) is 3.21. The van der Waals surface area contributed by atoms with Gasteiger partial charge in [-0.15, -0.1) is 0 Å². The first-order valence-electron chi connectivity index (χ1n) is 6.39. The van der Waals surface area contributed by atoms with E-state index < -0.39 is 5.97 Å². The van der Waals surface area contributed by atoms with Crippen molar-refractivity contribution in [2.75, 3.05) is 11.1 Å². The molecule has 0 saturated heterocycles. The van der Waals surface area contributed by atoms with E-state index in [2.05, 4.69) is 10.3 Å². The van der Waals surface area contributed by atoms with Crippen LogP contribution in [0.5, 0.6) is 0 Å². The van der Waals surface area contributed by atoms with Gasteiger partial charge in [-0.1, -0.05) is 6.07 Å². The van der Waals surface area contributed by atoms with Crippen LogP contribution in [-0.4, -0.2) is 16.1 Å². The molecule has 0 radical (unpaired) electrons. The van der Waals surface area contributed by atoms with Gasteiger partial charge in [0.15, 0.2) is 0 Å². The summed E-state index contributed by atoms with van der Waals surface area (Å²) in [5, 5.41) is 13.3. The summed E-state index contributed by atoms with van der Waals surface area (Å²) in [7, 11) is 0. The summed E-state index contributed by atoms with van der Waals surface area (Å²) in [6.45, 7) is 0. The molecule has 1 heterocycles. The quantitative estimate of drug-likeness (QED) is 0.640. The van der Waals surface area contributed by atoms with Gasteiger partial charge >= 0.3 is 5.97 Å². The zero-order chi connectivity index (χ0) is 14.8. The van der Waals surface area contributed by atoms with Gasteiger partial charge in [-0.3, -0.25) is 4.98 Å². The third kappa shape index (κ3) is 2.49. The highest BCUT2D eigenvalue weighted by Gasteiger charge is 2.09. The lowest BCUT2D eigenvalue weighted by Crippen LogP contribution is -2.03. The molecule has 5 heteroatoms. The van der Waals surface area contributed by atoms with E-state index in [0.29, 0.717) is 5.69 Å². The van der Waals surface area contributed by atoms with Crippen molar-refractivity contribution in [3.63, 3.8) is 0 Å². The average Bonchev–Trinajstić information content (AvgIpc) is 2.49. The van der Waals surface area contributed by atoms with E-state index in [1.807, 2.05) is 30.3 Å². The fraction of sp³-hybridized carbons (Fsp3) is 0. The summed E-state index contributed by atoms with van der Waals surface area (Å²) in [6, 6.07) is 14.4. The Balaban J connectivity index is 2.03. The SMILES string of the molecule is Nc1ccc(Nc2cccc3ncccc23)cc1C(=O)O. The van der Waals surface area contributed by atoms with Crippen LogP contribution in [0.4, 0.5) is 17.1 Å². The second-order valence-corrected chi connectivity index (χ2v) is 4.61. The van der Waals surface area contributed by atoms with Crippen molar-refractivity contribution >= 4 is 33.9 Å². The minimum Gasteiger partial charge on any atom is -0.478 e. The predicted octanol–water partition coefficient (Wildman–Crippen LogP) is 3.26. The van der Waals surface area contributed by atoms with Gasteiger partial charge in [0, 0.05) is 28.6 Å². The smallest absolute Gasteiger partial charge is 0.337 e. The molecule has 0 atom stereocenters. The molecule has 0 spiro atoms. The molecule has 0 amide bonds. The Morgan fingerprint density at radius 2 is 2.00 bits per heavy atom. The van der Waals surface area contributed by atoms with Crippen LogP contribution in [0.25, 0.3) is 10.9 Å². The molecular formula is C16H13N3O2. The number of fused-ring (bicyclic) bond motifs is 1. The largest absolute Gasteiger partial charge is 0.478 e. The number of hydrogen-bond acceptors (Lipinski definition) is 4. The number of nitrogens with zero attached hydrogens (tertiary/aromatic N) is 1. The van der Waals surface area contributed by atoms with E-state index in [1.165, 1.54) is 6.07 Å². The van der Waals surface area contributed by atoms with Crippen LogP contribution in [0.1, 0.15) is 10.4 Å². The molecule has 2 aromatic carbocycles. The molecule has 4 N–H and O–H groups in total. The van der Waals surface area contributed by atoms with Gasteiger partial charge in [0.2, 0.25) is 0 Å². The van der Waals surface area contributed by atoms with E-state index in [0.717, 1.165) is 16.6 Å². The van der Waals surface area contributed by atoms with Crippen LogP contribution in [0.2, 0.25) is 0 Å². The van der Waals surface area contributed by atoms with E-state index >= 15 is 0 Å². The third-order valence-corrected chi connectivity index (χ3v) is 3.21. The van der Waals surface area contributed by atoms with E-state index in [-0.39, 0.29) is 11.3 Å². The molecule has 3 aromatic rings. The molecule has 0 aliphatic heterocycles. The lowest BCUT2D eigenvalue weighted by atomic mass is 10.1. The molecule has 0 saturated carbocycles. The second kappa shape index (κ2) is 5.13. The molecule has 5 nitrogen and oxygen atoms in total. The molecule has 0 aliphatic carbocycles. The number of carboxylic acid groups (broad SMARTS) is 1. The van der Waals surface area contributed by atoms with Crippen LogP contribution in [0.15, 0.2) is 54.7 Å². The molecule has 21 heavy (non-hydrogen) atoms. The minimum atomic E-state index is -1.05. The highest BCUT2D eigenvalue weighted by molar-refractivity contribution is 5.96. The van der Waals surface area contributed by atoms with Crippen LogP contribution >= 0.6 is 0 Å². The van der Waals surface area contributed by atoms with Crippen LogP contribution in [0.3, 0.4) is 0 Å². The second-order valence-electron chi connectivity index (χ2n) is 4.61. The van der Waals surface area contributed by atoms with Crippen molar-refractivity contribution in [1.29, 1.82) is 0 Å². The Labute approximate surface area is 121 Å². The van der Waals surface area contributed by atoms with Gasteiger partial charge in [0.05, 0.1) is 11.1 Å². The summed E-state index contributed by atoms with van der Waals surface area (Å²) in [4.78, 5) is 15.4. The highest BCUT2D eigenvalue weighted by atomic mass is 16.4. The number of aromatic carboxylic acids is 1. The van der Waals surface area contributed by atoms with E-state index in [9.17, 15) is 4.79 Å². The van der Waals surface area contributed by atoms with Gasteiger partial charge in [-0.25, -0.2) is 4.79 Å². The Morgan fingerprint density at radius 3 is 2.81 bits per heavy atom. The molecule has 0 aliphatic rings. The predicted molar refractivity (Wildman–Crippen MR) is 82.8 cm³/mol. The monoisotopic (exact) mass is 279 g/mol. The van der Waals surface area contributed by atoms with E-state index in [1.54, 1.807) is 18.3 Å². The Kier molecular flexibility index (Phi) is 3.16. The fourth-order valence-corrected chi connectivity index (χ4v) is 2.19. The molecular weight excluding hydrogens is 266 g/mol. The molecule has 0 unspecified atom stereocenters. The number of nitrogens with one attached hydrogen (secondary N) is 1. The standard InChI is InChI=1S/C16H13N3O2/c17-13-7-6-10(9-12(13)16(20)21)19-15-5-1-4-14-11(15)3-2-8-18-14/h1-9,19H,17H2,(H,20,21). The maximum atomic E-state index is 11.1. The summed E-state index contributed by atoms with van der Waals surface area (Å²) in [6.07, 6.45) is 1.73. The zero-order valence-corrected chi connectivity index (χ0v) is 11.1. The minimum absolute atomic E-state index is 0.0818. The topological polar surface area (TPSA) is 88.2 Å². The Hall–Kier alpha value is -3.08. The number of pyridine rings is 1. The van der Waals surface area contributed by atoms with Gasteiger partial charge in [0.1, 0.15) is 0 Å². The van der Waals surface area contributed by atoms with Gasteiger partial charge in [-0.05, 0) is 42.5 Å². The first-order chi connectivity index (χ1) is 10.1. The van der Waals surface area contributed by atoms with Crippen molar-refractivity contribution in [3.8, 4) is 0 Å².